The van der Waals surface area contributed by atoms with E-state index in [1.165, 1.54) is 30.3 Å². The van der Waals surface area contributed by atoms with Crippen molar-refractivity contribution in [2.45, 2.75) is 18.4 Å². The van der Waals surface area contributed by atoms with Gasteiger partial charge in [0.05, 0.1) is 11.4 Å². The zero-order chi connectivity index (χ0) is 25.5. The van der Waals surface area contributed by atoms with Crippen LogP contribution in [0.25, 0.3) is 0 Å². The van der Waals surface area contributed by atoms with Crippen LogP contribution in [0.1, 0.15) is 11.1 Å². The Morgan fingerprint density at radius 2 is 1.44 bits per heavy atom. The number of rotatable bonds is 9. The maximum absolute atomic E-state index is 14.3. The minimum Gasteiger partial charge on any atom is -0.457 e. The Bertz CT molecular complexity index is 1420. The number of nitrogens with zero attached hydrogens (tertiary/aromatic N) is 1. The molecule has 0 fully saturated rings. The zero-order valence-corrected chi connectivity index (χ0v) is 20.4. The van der Waals surface area contributed by atoms with Gasteiger partial charge < -0.3 is 10.1 Å². The molecule has 0 aromatic heterocycles. The van der Waals surface area contributed by atoms with Crippen LogP contribution in [0.2, 0.25) is 0 Å². The van der Waals surface area contributed by atoms with Gasteiger partial charge in [0.2, 0.25) is 15.9 Å². The summed E-state index contributed by atoms with van der Waals surface area (Å²) in [7, 11) is -4.08. The van der Waals surface area contributed by atoms with Gasteiger partial charge in [0.25, 0.3) is 0 Å². The molecule has 0 heterocycles. The van der Waals surface area contributed by atoms with Crippen molar-refractivity contribution in [3.8, 4) is 11.5 Å². The molecule has 6 nitrogen and oxygen atoms in total. The number of nitrogens with one attached hydrogen (secondary N) is 1. The molecule has 0 atom stereocenters. The molecule has 0 aliphatic rings. The van der Waals surface area contributed by atoms with Gasteiger partial charge in [0.1, 0.15) is 17.3 Å². The molecule has 0 bridgehead atoms. The number of hydrogen-bond acceptors (Lipinski definition) is 4. The summed E-state index contributed by atoms with van der Waals surface area (Å²) in [6, 6.07) is 28.2. The average Bonchev–Trinajstić information content (AvgIpc) is 2.87. The number of halogens is 1. The zero-order valence-electron chi connectivity index (χ0n) is 19.6. The molecule has 4 rings (SSSR count). The molecular weight excluding hydrogens is 479 g/mol. The van der Waals surface area contributed by atoms with Crippen molar-refractivity contribution in [3.63, 3.8) is 0 Å². The summed E-state index contributed by atoms with van der Waals surface area (Å²) in [5.74, 6) is 0.163. The van der Waals surface area contributed by atoms with Gasteiger partial charge in [0, 0.05) is 17.8 Å². The minimum absolute atomic E-state index is 0.0275. The summed E-state index contributed by atoms with van der Waals surface area (Å²) >= 11 is 0. The number of amides is 1. The van der Waals surface area contributed by atoms with E-state index in [4.69, 9.17) is 4.74 Å². The van der Waals surface area contributed by atoms with Crippen LogP contribution in [0, 0.1) is 12.7 Å². The molecule has 0 saturated heterocycles. The lowest BCUT2D eigenvalue weighted by Crippen LogP contribution is -2.37. The number of carbonyl (C=O) groups is 1. The molecule has 8 heteroatoms. The van der Waals surface area contributed by atoms with Crippen molar-refractivity contribution >= 4 is 21.6 Å². The quantitative estimate of drug-likeness (QED) is 0.315. The predicted molar refractivity (Wildman–Crippen MR) is 137 cm³/mol. The Morgan fingerprint density at radius 3 is 2.11 bits per heavy atom. The summed E-state index contributed by atoms with van der Waals surface area (Å²) in [6.07, 6.45) is 0. The van der Waals surface area contributed by atoms with E-state index in [1.807, 2.05) is 37.3 Å². The van der Waals surface area contributed by atoms with Crippen molar-refractivity contribution in [3.05, 3.63) is 120 Å². The van der Waals surface area contributed by atoms with E-state index >= 15 is 0 Å². The van der Waals surface area contributed by atoms with E-state index in [0.717, 1.165) is 9.87 Å². The highest BCUT2D eigenvalue weighted by molar-refractivity contribution is 7.89. The Morgan fingerprint density at radius 1 is 0.833 bits per heavy atom. The first-order valence-corrected chi connectivity index (χ1v) is 12.7. The van der Waals surface area contributed by atoms with Crippen molar-refractivity contribution in [2.75, 3.05) is 11.9 Å². The van der Waals surface area contributed by atoms with Crippen LogP contribution < -0.4 is 10.1 Å². The molecular formula is C28H25FN2O4S. The third kappa shape index (κ3) is 6.35. The standard InChI is InChI=1S/C28H25FN2O4S/c1-21-11-17-26(18-12-21)36(33,34)31(19-22-7-5-6-10-27(22)29)20-28(32)30-23-13-15-25(16-14-23)35-24-8-3-2-4-9-24/h2-18H,19-20H2,1H3,(H,30,32). The molecule has 4 aromatic rings. The maximum atomic E-state index is 14.3. The van der Waals surface area contributed by atoms with Gasteiger partial charge in [-0.3, -0.25) is 4.79 Å². The van der Waals surface area contributed by atoms with Crippen LogP contribution in [-0.4, -0.2) is 25.2 Å². The second-order valence-electron chi connectivity index (χ2n) is 8.17. The van der Waals surface area contributed by atoms with E-state index in [1.54, 1.807) is 42.5 Å². The molecule has 4 aromatic carbocycles. The van der Waals surface area contributed by atoms with Crippen LogP contribution in [0.5, 0.6) is 11.5 Å². The Balaban J connectivity index is 1.50. The van der Waals surface area contributed by atoms with Crippen molar-refractivity contribution in [2.24, 2.45) is 0 Å². The first-order chi connectivity index (χ1) is 17.3. The summed E-state index contributed by atoms with van der Waals surface area (Å²) in [6.45, 7) is 1.06. The highest BCUT2D eigenvalue weighted by atomic mass is 32.2. The Hall–Kier alpha value is -4.01. The highest BCUT2D eigenvalue weighted by Gasteiger charge is 2.27. The molecule has 0 aliphatic carbocycles. The fourth-order valence-corrected chi connectivity index (χ4v) is 4.87. The summed E-state index contributed by atoms with van der Waals surface area (Å²) in [4.78, 5) is 12.9. The van der Waals surface area contributed by atoms with Crippen molar-refractivity contribution in [1.82, 2.24) is 4.31 Å². The number of benzene rings is 4. The summed E-state index contributed by atoms with van der Waals surface area (Å²) < 4.78 is 47.8. The van der Waals surface area contributed by atoms with Crippen LogP contribution in [0.3, 0.4) is 0 Å². The summed E-state index contributed by atoms with van der Waals surface area (Å²) in [5, 5.41) is 2.70. The molecule has 0 saturated carbocycles. The first kappa shape index (κ1) is 25.1. The van der Waals surface area contributed by atoms with Gasteiger partial charge in [-0.2, -0.15) is 4.31 Å². The maximum Gasteiger partial charge on any atom is 0.243 e. The first-order valence-electron chi connectivity index (χ1n) is 11.2. The van der Waals surface area contributed by atoms with Crippen LogP contribution in [0.4, 0.5) is 10.1 Å². The van der Waals surface area contributed by atoms with Gasteiger partial charge in [-0.05, 0) is 61.5 Å². The topological polar surface area (TPSA) is 75.7 Å². The monoisotopic (exact) mass is 504 g/mol. The smallest absolute Gasteiger partial charge is 0.243 e. The number of hydrogen-bond donors (Lipinski definition) is 1. The number of anilines is 1. The lowest BCUT2D eigenvalue weighted by Gasteiger charge is -2.22. The minimum atomic E-state index is -4.08. The third-order valence-electron chi connectivity index (χ3n) is 5.40. The van der Waals surface area contributed by atoms with Gasteiger partial charge in [-0.15, -0.1) is 0 Å². The fourth-order valence-electron chi connectivity index (χ4n) is 3.49. The SMILES string of the molecule is Cc1ccc(S(=O)(=O)N(CC(=O)Nc2ccc(Oc3ccccc3)cc2)Cc2ccccc2F)cc1. The molecule has 1 amide bonds. The van der Waals surface area contributed by atoms with E-state index in [-0.39, 0.29) is 17.0 Å². The second kappa shape index (κ2) is 11.2. The van der Waals surface area contributed by atoms with Crippen molar-refractivity contribution < 1.29 is 22.3 Å². The van der Waals surface area contributed by atoms with Crippen molar-refractivity contribution in [1.29, 1.82) is 0 Å². The normalized spacial score (nSPS) is 11.3. The van der Waals surface area contributed by atoms with E-state index < -0.39 is 28.3 Å². The number of carbonyl (C=O) groups excluding carboxylic acids is 1. The second-order valence-corrected chi connectivity index (χ2v) is 10.1. The van der Waals surface area contributed by atoms with Gasteiger partial charge >= 0.3 is 0 Å². The number of aryl methyl sites for hydroxylation is 1. The molecule has 0 spiro atoms. The van der Waals surface area contributed by atoms with E-state index in [0.29, 0.717) is 17.2 Å². The molecule has 184 valence electrons. The Kier molecular flexibility index (Phi) is 7.77. The number of ether oxygens (including phenoxy) is 1. The lowest BCUT2D eigenvalue weighted by molar-refractivity contribution is -0.116. The highest BCUT2D eigenvalue weighted by Crippen LogP contribution is 2.24. The van der Waals surface area contributed by atoms with E-state index in [2.05, 4.69) is 5.32 Å². The van der Waals surface area contributed by atoms with Gasteiger partial charge in [-0.1, -0.05) is 54.1 Å². The molecule has 0 radical (unpaired) electrons. The molecule has 0 aliphatic heterocycles. The largest absolute Gasteiger partial charge is 0.457 e. The van der Waals surface area contributed by atoms with Gasteiger partial charge in [-0.25, -0.2) is 12.8 Å². The van der Waals surface area contributed by atoms with Crippen LogP contribution >= 0.6 is 0 Å². The molecule has 36 heavy (non-hydrogen) atoms. The predicted octanol–water partition coefficient (Wildman–Crippen LogP) is 5.76. The Labute approximate surface area is 210 Å². The molecule has 0 unspecified atom stereocenters. The van der Waals surface area contributed by atoms with Gasteiger partial charge in [0.15, 0.2) is 0 Å². The van der Waals surface area contributed by atoms with Crippen LogP contribution in [-0.2, 0) is 21.4 Å². The van der Waals surface area contributed by atoms with E-state index in [9.17, 15) is 17.6 Å². The fraction of sp³-hybridized carbons (Fsp3) is 0.107. The summed E-state index contributed by atoms with van der Waals surface area (Å²) in [5.41, 5.74) is 1.54. The number of sulfonamides is 1. The average molecular weight is 505 g/mol. The third-order valence-corrected chi connectivity index (χ3v) is 7.21. The number of para-hydroxylation sites is 1. The molecule has 1 N–H and O–H groups in total. The van der Waals surface area contributed by atoms with Crippen LogP contribution in [0.15, 0.2) is 108 Å². The lowest BCUT2D eigenvalue weighted by atomic mass is 10.2.